The molecule has 0 aromatic heterocycles. The van der Waals surface area contributed by atoms with E-state index in [1.807, 2.05) is 0 Å². The van der Waals surface area contributed by atoms with E-state index in [2.05, 4.69) is 17.1 Å². The highest BCUT2D eigenvalue weighted by Gasteiger charge is 2.20. The van der Waals surface area contributed by atoms with Gasteiger partial charge in [-0.3, -0.25) is 15.0 Å². The fraction of sp³-hybridized carbons (Fsp3) is 0.538. The van der Waals surface area contributed by atoms with Crippen LogP contribution in [0.1, 0.15) is 6.92 Å². The Morgan fingerprint density at radius 3 is 3.10 bits per heavy atom. The normalized spacial score (nSPS) is 19.8. The van der Waals surface area contributed by atoms with Gasteiger partial charge in [0.1, 0.15) is 5.69 Å². The summed E-state index contributed by atoms with van der Waals surface area (Å²) in [5.41, 5.74) is 0.456. The lowest BCUT2D eigenvalue weighted by molar-refractivity contribution is -0.383. The summed E-state index contributed by atoms with van der Waals surface area (Å²) >= 11 is 5.78. The summed E-state index contributed by atoms with van der Waals surface area (Å²) in [5.74, 6) is 0. The lowest BCUT2D eigenvalue weighted by Crippen LogP contribution is -2.45. The molecule has 1 atom stereocenters. The Morgan fingerprint density at radius 1 is 1.60 bits per heavy atom. The molecule has 0 aliphatic carbocycles. The quantitative estimate of drug-likeness (QED) is 0.668. The number of nitrogens with one attached hydrogen (secondary N) is 1. The van der Waals surface area contributed by atoms with Crippen molar-refractivity contribution in [3.63, 3.8) is 0 Å². The van der Waals surface area contributed by atoms with Crippen molar-refractivity contribution in [1.82, 2.24) is 4.90 Å². The zero-order valence-electron chi connectivity index (χ0n) is 11.3. The van der Waals surface area contributed by atoms with Crippen molar-refractivity contribution < 1.29 is 9.66 Å². The number of nitro groups is 1. The number of hydrogen-bond acceptors (Lipinski definition) is 5. The largest absolute Gasteiger partial charge is 0.377 e. The molecule has 1 aromatic rings. The van der Waals surface area contributed by atoms with Crippen molar-refractivity contribution in [2.75, 3.05) is 38.1 Å². The van der Waals surface area contributed by atoms with E-state index in [9.17, 15) is 10.1 Å². The highest BCUT2D eigenvalue weighted by Crippen LogP contribution is 2.27. The van der Waals surface area contributed by atoms with Crippen molar-refractivity contribution in [1.29, 1.82) is 0 Å². The molecule has 1 aliphatic heterocycles. The Balaban J connectivity index is 1.98. The van der Waals surface area contributed by atoms with Crippen LogP contribution in [0.15, 0.2) is 18.2 Å². The average Bonchev–Trinajstić information content (AvgIpc) is 2.46. The fourth-order valence-corrected chi connectivity index (χ4v) is 2.39. The van der Waals surface area contributed by atoms with Gasteiger partial charge < -0.3 is 10.1 Å². The molecule has 0 saturated carbocycles. The third-order valence-corrected chi connectivity index (χ3v) is 3.58. The van der Waals surface area contributed by atoms with Gasteiger partial charge in [0, 0.05) is 30.7 Å². The standard InChI is InChI=1S/C13H18ClN3O3/c1-2-16-5-6-20-11(9-16)8-15-12-4-3-10(14)7-13(12)17(18)19/h3-4,7,11,15H,2,5-6,8-9H2,1H3/t11-/m0/s1. The molecular weight excluding hydrogens is 282 g/mol. The van der Waals surface area contributed by atoms with E-state index in [4.69, 9.17) is 16.3 Å². The highest BCUT2D eigenvalue weighted by atomic mass is 35.5. The number of ether oxygens (including phenoxy) is 1. The van der Waals surface area contributed by atoms with E-state index < -0.39 is 4.92 Å². The van der Waals surface area contributed by atoms with Crippen molar-refractivity contribution >= 4 is 23.0 Å². The topological polar surface area (TPSA) is 67.6 Å². The van der Waals surface area contributed by atoms with Crippen LogP contribution < -0.4 is 5.32 Å². The molecule has 110 valence electrons. The maximum absolute atomic E-state index is 11.0. The number of anilines is 1. The predicted octanol–water partition coefficient (Wildman–Crippen LogP) is 2.38. The summed E-state index contributed by atoms with van der Waals surface area (Å²) in [6.07, 6.45) is 0.0407. The van der Waals surface area contributed by atoms with E-state index >= 15 is 0 Å². The minimum absolute atomic E-state index is 0.0133. The molecule has 0 radical (unpaired) electrons. The third kappa shape index (κ3) is 3.82. The number of nitrogens with zero attached hydrogens (tertiary/aromatic N) is 2. The smallest absolute Gasteiger partial charge is 0.293 e. The van der Waals surface area contributed by atoms with Gasteiger partial charge in [-0.2, -0.15) is 0 Å². The van der Waals surface area contributed by atoms with Gasteiger partial charge in [0.25, 0.3) is 5.69 Å². The van der Waals surface area contributed by atoms with Crippen molar-refractivity contribution in [2.45, 2.75) is 13.0 Å². The van der Waals surface area contributed by atoms with Crippen LogP contribution in [0.2, 0.25) is 5.02 Å². The van der Waals surface area contributed by atoms with Crippen LogP contribution in [0.25, 0.3) is 0 Å². The summed E-state index contributed by atoms with van der Waals surface area (Å²) in [7, 11) is 0. The molecule has 1 fully saturated rings. The van der Waals surface area contributed by atoms with Crippen LogP contribution in [0.5, 0.6) is 0 Å². The first-order valence-electron chi connectivity index (χ1n) is 6.62. The molecule has 0 unspecified atom stereocenters. The van der Waals surface area contributed by atoms with Gasteiger partial charge in [-0.25, -0.2) is 0 Å². The van der Waals surface area contributed by atoms with Crippen molar-refractivity contribution in [2.24, 2.45) is 0 Å². The van der Waals surface area contributed by atoms with E-state index in [-0.39, 0.29) is 11.8 Å². The van der Waals surface area contributed by atoms with Crippen LogP contribution in [0, 0.1) is 10.1 Å². The van der Waals surface area contributed by atoms with Crippen LogP contribution in [0.4, 0.5) is 11.4 Å². The first kappa shape index (κ1) is 15.0. The zero-order valence-corrected chi connectivity index (χ0v) is 12.1. The molecule has 6 nitrogen and oxygen atoms in total. The lowest BCUT2D eigenvalue weighted by atomic mass is 10.2. The van der Waals surface area contributed by atoms with Crippen molar-refractivity contribution in [3.8, 4) is 0 Å². The molecule has 1 heterocycles. The van der Waals surface area contributed by atoms with E-state index in [1.54, 1.807) is 12.1 Å². The molecule has 0 bridgehead atoms. The van der Waals surface area contributed by atoms with E-state index in [1.165, 1.54) is 6.07 Å². The van der Waals surface area contributed by atoms with Crippen LogP contribution in [-0.2, 0) is 4.74 Å². The minimum atomic E-state index is -0.436. The predicted molar refractivity (Wildman–Crippen MR) is 78.5 cm³/mol. The molecule has 1 aliphatic rings. The molecule has 0 spiro atoms. The molecule has 2 rings (SSSR count). The summed E-state index contributed by atoms with van der Waals surface area (Å²) in [4.78, 5) is 12.9. The first-order valence-corrected chi connectivity index (χ1v) is 6.99. The molecule has 0 amide bonds. The average molecular weight is 300 g/mol. The first-order chi connectivity index (χ1) is 9.60. The Labute approximate surface area is 122 Å². The second kappa shape index (κ2) is 6.88. The van der Waals surface area contributed by atoms with Crippen LogP contribution in [0.3, 0.4) is 0 Å². The van der Waals surface area contributed by atoms with Gasteiger partial charge in [0.15, 0.2) is 0 Å². The van der Waals surface area contributed by atoms with Crippen LogP contribution >= 0.6 is 11.6 Å². The van der Waals surface area contributed by atoms with E-state index in [0.29, 0.717) is 23.9 Å². The maximum Gasteiger partial charge on any atom is 0.293 e. The summed E-state index contributed by atoms with van der Waals surface area (Å²) < 4.78 is 5.66. The summed E-state index contributed by atoms with van der Waals surface area (Å²) in [6.45, 7) is 6.11. The Morgan fingerprint density at radius 2 is 2.40 bits per heavy atom. The van der Waals surface area contributed by atoms with Gasteiger partial charge in [-0.05, 0) is 18.7 Å². The number of benzene rings is 1. The number of rotatable bonds is 5. The monoisotopic (exact) mass is 299 g/mol. The van der Waals surface area contributed by atoms with E-state index in [0.717, 1.165) is 19.6 Å². The third-order valence-electron chi connectivity index (χ3n) is 3.35. The van der Waals surface area contributed by atoms with Gasteiger partial charge in [0.2, 0.25) is 0 Å². The maximum atomic E-state index is 11.0. The van der Waals surface area contributed by atoms with Gasteiger partial charge in [-0.15, -0.1) is 0 Å². The highest BCUT2D eigenvalue weighted by molar-refractivity contribution is 6.30. The van der Waals surface area contributed by atoms with Gasteiger partial charge in [-0.1, -0.05) is 18.5 Å². The molecular formula is C13H18ClN3O3. The van der Waals surface area contributed by atoms with Crippen LogP contribution in [-0.4, -0.2) is 48.7 Å². The Kier molecular flexibility index (Phi) is 5.17. The Hall–Kier alpha value is -1.37. The molecule has 1 aromatic carbocycles. The molecule has 7 heteroatoms. The second-order valence-electron chi connectivity index (χ2n) is 4.69. The van der Waals surface area contributed by atoms with Crippen molar-refractivity contribution in [3.05, 3.63) is 33.3 Å². The zero-order chi connectivity index (χ0) is 14.5. The fourth-order valence-electron chi connectivity index (χ4n) is 2.22. The Bertz CT molecular complexity index is 484. The van der Waals surface area contributed by atoms with Gasteiger partial charge in [0.05, 0.1) is 17.6 Å². The number of morpholine rings is 1. The number of hydrogen-bond donors (Lipinski definition) is 1. The molecule has 1 saturated heterocycles. The van der Waals surface area contributed by atoms with Gasteiger partial charge >= 0.3 is 0 Å². The molecule has 1 N–H and O–H groups in total. The lowest BCUT2D eigenvalue weighted by Gasteiger charge is -2.32. The number of likely N-dealkylation sites (N-methyl/N-ethyl adjacent to an activating group) is 1. The summed E-state index contributed by atoms with van der Waals surface area (Å²) in [5, 5.41) is 14.4. The molecule has 20 heavy (non-hydrogen) atoms. The SMILES string of the molecule is CCN1CCO[C@@H](CNc2ccc(Cl)cc2[N+](=O)[O-])C1. The number of halogens is 1. The second-order valence-corrected chi connectivity index (χ2v) is 5.12. The number of nitro benzene ring substituents is 1. The summed E-state index contributed by atoms with van der Waals surface area (Å²) in [6, 6.07) is 4.61. The minimum Gasteiger partial charge on any atom is -0.377 e.